The van der Waals surface area contributed by atoms with Gasteiger partial charge in [0.1, 0.15) is 11.5 Å². The van der Waals surface area contributed by atoms with E-state index in [9.17, 15) is 4.79 Å². The highest BCUT2D eigenvalue weighted by atomic mass is 16.4. The number of imidazole rings is 1. The summed E-state index contributed by atoms with van der Waals surface area (Å²) in [6.45, 7) is 1.99. The van der Waals surface area contributed by atoms with Crippen LogP contribution in [-0.4, -0.2) is 25.4 Å². The van der Waals surface area contributed by atoms with Gasteiger partial charge in [-0.3, -0.25) is 4.40 Å². The van der Waals surface area contributed by atoms with Crippen molar-refractivity contribution in [2.45, 2.75) is 6.92 Å². The predicted molar refractivity (Wildman–Crippen MR) is 99.8 cm³/mol. The van der Waals surface area contributed by atoms with Gasteiger partial charge < -0.3 is 10.4 Å². The third kappa shape index (κ3) is 2.88. The standard InChI is InChI=1S/C20H16N4O2/c1-13-19(24-11-3-2-4-18(24)22-13)15-9-10-21-17(12-15)23-16-7-5-14(6-8-16)20(25)26/h2-12H,1H3,(H,21,23)(H,25,26). The molecular formula is C20H16N4O2. The maximum atomic E-state index is 10.9. The van der Waals surface area contributed by atoms with E-state index in [-0.39, 0.29) is 5.56 Å². The molecule has 0 fully saturated rings. The maximum absolute atomic E-state index is 10.9. The van der Waals surface area contributed by atoms with Gasteiger partial charge in [0, 0.05) is 23.6 Å². The van der Waals surface area contributed by atoms with Crippen LogP contribution >= 0.6 is 0 Å². The first-order valence-corrected chi connectivity index (χ1v) is 8.12. The predicted octanol–water partition coefficient (Wildman–Crippen LogP) is 4.15. The molecule has 0 spiro atoms. The number of carboxylic acid groups (broad SMARTS) is 1. The number of nitrogens with one attached hydrogen (secondary N) is 1. The van der Waals surface area contributed by atoms with Gasteiger partial charge in [-0.25, -0.2) is 14.8 Å². The number of benzene rings is 1. The number of aromatic carboxylic acids is 1. The summed E-state index contributed by atoms with van der Waals surface area (Å²) in [5.74, 6) is -0.268. The van der Waals surface area contributed by atoms with Crippen molar-refractivity contribution >= 4 is 23.1 Å². The molecule has 0 aliphatic heterocycles. The van der Waals surface area contributed by atoms with Gasteiger partial charge in [-0.2, -0.15) is 0 Å². The molecule has 6 heteroatoms. The van der Waals surface area contributed by atoms with E-state index in [1.54, 1.807) is 30.5 Å². The van der Waals surface area contributed by atoms with Crippen molar-refractivity contribution in [2.75, 3.05) is 5.32 Å². The lowest BCUT2D eigenvalue weighted by atomic mass is 10.1. The molecule has 4 rings (SSSR count). The SMILES string of the molecule is Cc1nc2ccccn2c1-c1ccnc(Nc2ccc(C(=O)O)cc2)c1. The van der Waals surface area contributed by atoms with E-state index < -0.39 is 5.97 Å². The van der Waals surface area contributed by atoms with E-state index in [2.05, 4.69) is 19.7 Å². The number of carboxylic acids is 1. The van der Waals surface area contributed by atoms with Crippen LogP contribution < -0.4 is 5.32 Å². The minimum absolute atomic E-state index is 0.249. The number of hydrogen-bond donors (Lipinski definition) is 2. The average Bonchev–Trinajstić information content (AvgIpc) is 2.98. The molecule has 0 radical (unpaired) electrons. The topological polar surface area (TPSA) is 79.5 Å². The molecule has 26 heavy (non-hydrogen) atoms. The van der Waals surface area contributed by atoms with Crippen molar-refractivity contribution in [3.8, 4) is 11.3 Å². The molecule has 3 heterocycles. The normalized spacial score (nSPS) is 10.8. The fourth-order valence-corrected chi connectivity index (χ4v) is 2.95. The van der Waals surface area contributed by atoms with Crippen molar-refractivity contribution in [2.24, 2.45) is 0 Å². The summed E-state index contributed by atoms with van der Waals surface area (Å²) in [6.07, 6.45) is 3.73. The first kappa shape index (κ1) is 15.8. The molecule has 3 aromatic heterocycles. The van der Waals surface area contributed by atoms with Crippen LogP contribution in [0.1, 0.15) is 16.1 Å². The van der Waals surface area contributed by atoms with Crippen molar-refractivity contribution < 1.29 is 9.90 Å². The lowest BCUT2D eigenvalue weighted by Gasteiger charge is -2.08. The van der Waals surface area contributed by atoms with E-state index >= 15 is 0 Å². The molecule has 128 valence electrons. The summed E-state index contributed by atoms with van der Waals surface area (Å²) in [4.78, 5) is 19.9. The highest BCUT2D eigenvalue weighted by molar-refractivity contribution is 5.88. The molecule has 0 amide bonds. The average molecular weight is 344 g/mol. The highest BCUT2D eigenvalue weighted by Crippen LogP contribution is 2.27. The second-order valence-electron chi connectivity index (χ2n) is 5.91. The Balaban J connectivity index is 1.68. The second-order valence-corrected chi connectivity index (χ2v) is 5.91. The first-order chi connectivity index (χ1) is 12.6. The molecule has 2 N–H and O–H groups in total. The van der Waals surface area contributed by atoms with Crippen molar-refractivity contribution in [3.63, 3.8) is 0 Å². The van der Waals surface area contributed by atoms with E-state index in [0.29, 0.717) is 5.82 Å². The lowest BCUT2D eigenvalue weighted by molar-refractivity contribution is 0.0697. The van der Waals surface area contributed by atoms with Gasteiger partial charge in [0.25, 0.3) is 0 Å². The Morgan fingerprint density at radius 1 is 1.12 bits per heavy atom. The number of fused-ring (bicyclic) bond motifs is 1. The minimum atomic E-state index is -0.945. The second kappa shape index (κ2) is 6.33. The fraction of sp³-hybridized carbons (Fsp3) is 0.0500. The number of anilines is 2. The zero-order valence-electron chi connectivity index (χ0n) is 14.0. The van der Waals surface area contributed by atoms with E-state index in [1.807, 2.05) is 43.5 Å². The van der Waals surface area contributed by atoms with E-state index in [1.165, 1.54) is 0 Å². The first-order valence-electron chi connectivity index (χ1n) is 8.12. The van der Waals surface area contributed by atoms with Gasteiger partial charge in [-0.1, -0.05) is 6.07 Å². The van der Waals surface area contributed by atoms with Gasteiger partial charge in [-0.05, 0) is 55.5 Å². The number of carbonyl (C=O) groups is 1. The Hall–Kier alpha value is -3.67. The number of rotatable bonds is 4. The number of pyridine rings is 2. The minimum Gasteiger partial charge on any atom is -0.478 e. The van der Waals surface area contributed by atoms with Crippen LogP contribution in [0.4, 0.5) is 11.5 Å². The van der Waals surface area contributed by atoms with Crippen LogP contribution in [0.25, 0.3) is 16.9 Å². The quantitative estimate of drug-likeness (QED) is 0.581. The summed E-state index contributed by atoms with van der Waals surface area (Å²) in [5, 5.41) is 12.2. The molecule has 0 aliphatic rings. The Morgan fingerprint density at radius 2 is 1.92 bits per heavy atom. The molecule has 0 bridgehead atoms. The van der Waals surface area contributed by atoms with E-state index in [0.717, 1.165) is 28.3 Å². The summed E-state index contributed by atoms with van der Waals surface area (Å²) in [6, 6.07) is 16.4. The summed E-state index contributed by atoms with van der Waals surface area (Å²) in [5.41, 5.74) is 4.89. The van der Waals surface area contributed by atoms with Gasteiger partial charge in [0.05, 0.1) is 17.0 Å². The largest absolute Gasteiger partial charge is 0.478 e. The molecule has 4 aromatic rings. The number of nitrogens with zero attached hydrogens (tertiary/aromatic N) is 3. The van der Waals surface area contributed by atoms with Crippen LogP contribution in [-0.2, 0) is 0 Å². The molecule has 0 atom stereocenters. The van der Waals surface area contributed by atoms with Gasteiger partial charge in [-0.15, -0.1) is 0 Å². The van der Waals surface area contributed by atoms with Crippen LogP contribution in [0.5, 0.6) is 0 Å². The number of aromatic nitrogens is 3. The highest BCUT2D eigenvalue weighted by Gasteiger charge is 2.11. The van der Waals surface area contributed by atoms with Gasteiger partial charge in [0.15, 0.2) is 0 Å². The molecule has 0 aliphatic carbocycles. The number of aryl methyl sites for hydroxylation is 1. The molecule has 0 saturated heterocycles. The fourth-order valence-electron chi connectivity index (χ4n) is 2.95. The van der Waals surface area contributed by atoms with E-state index in [4.69, 9.17) is 5.11 Å². The third-order valence-electron chi connectivity index (χ3n) is 4.14. The summed E-state index contributed by atoms with van der Waals surface area (Å²) in [7, 11) is 0. The van der Waals surface area contributed by atoms with Crippen molar-refractivity contribution in [1.29, 1.82) is 0 Å². The molecule has 1 aromatic carbocycles. The van der Waals surface area contributed by atoms with Crippen LogP contribution in [0.3, 0.4) is 0 Å². The maximum Gasteiger partial charge on any atom is 0.335 e. The Labute approximate surface area is 149 Å². The smallest absolute Gasteiger partial charge is 0.335 e. The third-order valence-corrected chi connectivity index (χ3v) is 4.14. The molecule has 0 saturated carbocycles. The Bertz CT molecular complexity index is 1100. The Kier molecular flexibility index (Phi) is 3.85. The van der Waals surface area contributed by atoms with Crippen molar-refractivity contribution in [1.82, 2.24) is 14.4 Å². The van der Waals surface area contributed by atoms with Gasteiger partial charge >= 0.3 is 5.97 Å². The van der Waals surface area contributed by atoms with Crippen LogP contribution in [0.2, 0.25) is 0 Å². The molecule has 0 unspecified atom stereocenters. The van der Waals surface area contributed by atoms with Crippen LogP contribution in [0.15, 0.2) is 67.0 Å². The number of hydrogen-bond acceptors (Lipinski definition) is 4. The molecule has 6 nitrogen and oxygen atoms in total. The summed E-state index contributed by atoms with van der Waals surface area (Å²) >= 11 is 0. The van der Waals surface area contributed by atoms with Crippen LogP contribution in [0, 0.1) is 6.92 Å². The Morgan fingerprint density at radius 3 is 2.69 bits per heavy atom. The zero-order chi connectivity index (χ0) is 18.1. The monoisotopic (exact) mass is 344 g/mol. The molecular weight excluding hydrogens is 328 g/mol. The summed E-state index contributed by atoms with van der Waals surface area (Å²) < 4.78 is 2.05. The van der Waals surface area contributed by atoms with Gasteiger partial charge in [0.2, 0.25) is 0 Å². The zero-order valence-corrected chi connectivity index (χ0v) is 14.0. The lowest BCUT2D eigenvalue weighted by Crippen LogP contribution is -1.98. The van der Waals surface area contributed by atoms with Crippen molar-refractivity contribution in [3.05, 3.63) is 78.2 Å².